The van der Waals surface area contributed by atoms with Gasteiger partial charge < -0.3 is 14.8 Å². The number of ether oxygens (including phenoxy) is 2. The van der Waals surface area contributed by atoms with Crippen molar-refractivity contribution >= 4 is 0 Å². The third-order valence-electron chi connectivity index (χ3n) is 2.82. The van der Waals surface area contributed by atoms with Crippen LogP contribution in [0.4, 0.5) is 0 Å². The fraction of sp³-hybridized carbons (Fsp3) is 0.500. The van der Waals surface area contributed by atoms with Crippen LogP contribution in [-0.2, 0) is 6.54 Å². The number of rotatable bonds is 7. The molecule has 0 unspecified atom stereocenters. The maximum atomic E-state index is 8.45. The normalized spacial score (nSPS) is 9.89. The molecule has 98 valence electrons. The summed E-state index contributed by atoms with van der Waals surface area (Å²) in [6.07, 6.45) is 1.46. The molecule has 0 amide bonds. The van der Waals surface area contributed by atoms with E-state index in [2.05, 4.69) is 11.4 Å². The van der Waals surface area contributed by atoms with E-state index >= 15 is 0 Å². The van der Waals surface area contributed by atoms with Gasteiger partial charge in [0.05, 0.1) is 20.3 Å². The summed E-state index contributed by atoms with van der Waals surface area (Å²) in [6, 6.07) is 6.08. The van der Waals surface area contributed by atoms with Crippen molar-refractivity contribution in [1.82, 2.24) is 5.32 Å². The van der Waals surface area contributed by atoms with Crippen LogP contribution in [0.15, 0.2) is 12.1 Å². The van der Waals surface area contributed by atoms with Crippen LogP contribution in [0.5, 0.6) is 11.5 Å². The first kappa shape index (κ1) is 14.3. The van der Waals surface area contributed by atoms with E-state index < -0.39 is 0 Å². The summed E-state index contributed by atoms with van der Waals surface area (Å²) in [7, 11) is 3.32. The fourth-order valence-corrected chi connectivity index (χ4v) is 1.89. The van der Waals surface area contributed by atoms with Gasteiger partial charge in [0, 0.05) is 24.1 Å². The summed E-state index contributed by atoms with van der Waals surface area (Å²) in [5.41, 5.74) is 2.11. The Morgan fingerprint density at radius 1 is 1.28 bits per heavy atom. The molecule has 0 atom stereocenters. The second kappa shape index (κ2) is 7.57. The van der Waals surface area contributed by atoms with E-state index in [1.54, 1.807) is 14.2 Å². The van der Waals surface area contributed by atoms with Gasteiger partial charge in [-0.1, -0.05) is 6.07 Å². The smallest absolute Gasteiger partial charge is 0.129 e. The van der Waals surface area contributed by atoms with E-state index in [-0.39, 0.29) is 0 Å². The van der Waals surface area contributed by atoms with E-state index in [1.165, 1.54) is 0 Å². The third kappa shape index (κ3) is 3.64. The van der Waals surface area contributed by atoms with E-state index in [9.17, 15) is 0 Å². The summed E-state index contributed by atoms with van der Waals surface area (Å²) >= 11 is 0. The Kier molecular flexibility index (Phi) is 6.03. The van der Waals surface area contributed by atoms with E-state index in [0.717, 1.165) is 42.1 Å². The van der Waals surface area contributed by atoms with Gasteiger partial charge in [-0.15, -0.1) is 0 Å². The molecule has 4 heteroatoms. The number of nitriles is 1. The topological polar surface area (TPSA) is 54.3 Å². The van der Waals surface area contributed by atoms with E-state index in [1.807, 2.05) is 19.1 Å². The van der Waals surface area contributed by atoms with Gasteiger partial charge in [0.25, 0.3) is 0 Å². The van der Waals surface area contributed by atoms with Gasteiger partial charge in [-0.05, 0) is 26.0 Å². The van der Waals surface area contributed by atoms with Crippen LogP contribution in [0.2, 0.25) is 0 Å². The molecule has 0 saturated heterocycles. The Morgan fingerprint density at radius 3 is 2.67 bits per heavy atom. The summed E-state index contributed by atoms with van der Waals surface area (Å²) in [5.74, 6) is 1.70. The predicted octanol–water partition coefficient (Wildman–Crippen LogP) is 2.41. The molecule has 1 aromatic rings. The molecule has 0 spiro atoms. The number of hydrogen-bond acceptors (Lipinski definition) is 4. The summed E-state index contributed by atoms with van der Waals surface area (Å²) in [5, 5.41) is 11.8. The van der Waals surface area contributed by atoms with Crippen molar-refractivity contribution in [1.29, 1.82) is 5.26 Å². The van der Waals surface area contributed by atoms with Crippen LogP contribution in [0.25, 0.3) is 0 Å². The highest BCUT2D eigenvalue weighted by Gasteiger charge is 2.10. The molecule has 0 aliphatic heterocycles. The van der Waals surface area contributed by atoms with Crippen LogP contribution < -0.4 is 14.8 Å². The largest absolute Gasteiger partial charge is 0.496 e. The molecule has 0 fully saturated rings. The number of nitrogens with zero attached hydrogens (tertiary/aromatic N) is 1. The molecule has 18 heavy (non-hydrogen) atoms. The van der Waals surface area contributed by atoms with Gasteiger partial charge in [-0.2, -0.15) is 5.26 Å². The maximum absolute atomic E-state index is 8.45. The Morgan fingerprint density at radius 2 is 2.06 bits per heavy atom. The van der Waals surface area contributed by atoms with Crippen molar-refractivity contribution in [2.75, 3.05) is 20.8 Å². The van der Waals surface area contributed by atoms with Gasteiger partial charge in [-0.25, -0.2) is 0 Å². The average Bonchev–Trinajstić information content (AvgIpc) is 2.39. The van der Waals surface area contributed by atoms with Gasteiger partial charge >= 0.3 is 0 Å². The molecule has 0 bridgehead atoms. The maximum Gasteiger partial charge on any atom is 0.129 e. The zero-order chi connectivity index (χ0) is 13.4. The highest BCUT2D eigenvalue weighted by Crippen LogP contribution is 2.31. The Labute approximate surface area is 109 Å². The zero-order valence-electron chi connectivity index (χ0n) is 11.2. The molecular formula is C14H20N2O2. The SMILES string of the molecule is COc1ccc(CNCCCC#N)c(OC)c1C. The molecular weight excluding hydrogens is 228 g/mol. The molecule has 1 aromatic carbocycles. The van der Waals surface area contributed by atoms with Crippen LogP contribution in [0.3, 0.4) is 0 Å². The highest BCUT2D eigenvalue weighted by atomic mass is 16.5. The first-order chi connectivity index (χ1) is 8.74. The molecule has 4 nitrogen and oxygen atoms in total. The van der Waals surface area contributed by atoms with Crippen LogP contribution in [-0.4, -0.2) is 20.8 Å². The summed E-state index contributed by atoms with van der Waals surface area (Å²) in [4.78, 5) is 0. The first-order valence-corrected chi connectivity index (χ1v) is 6.02. The minimum absolute atomic E-state index is 0.589. The van der Waals surface area contributed by atoms with Crippen molar-refractivity contribution in [2.45, 2.75) is 26.3 Å². The van der Waals surface area contributed by atoms with Crippen molar-refractivity contribution in [3.63, 3.8) is 0 Å². The number of benzene rings is 1. The van der Waals surface area contributed by atoms with Crippen molar-refractivity contribution in [2.24, 2.45) is 0 Å². The molecule has 1 N–H and O–H groups in total. The van der Waals surface area contributed by atoms with E-state index in [0.29, 0.717) is 6.42 Å². The predicted molar refractivity (Wildman–Crippen MR) is 70.8 cm³/mol. The summed E-state index contributed by atoms with van der Waals surface area (Å²) in [6.45, 7) is 3.55. The number of nitrogens with one attached hydrogen (secondary N) is 1. The second-order valence-electron chi connectivity index (χ2n) is 4.02. The number of unbranched alkanes of at least 4 members (excludes halogenated alkanes) is 1. The number of hydrogen-bond donors (Lipinski definition) is 1. The fourth-order valence-electron chi connectivity index (χ4n) is 1.89. The van der Waals surface area contributed by atoms with Gasteiger partial charge in [0.1, 0.15) is 11.5 Å². The molecule has 0 aromatic heterocycles. The lowest BCUT2D eigenvalue weighted by atomic mass is 10.1. The molecule has 0 saturated carbocycles. The molecule has 0 heterocycles. The summed E-state index contributed by atoms with van der Waals surface area (Å²) < 4.78 is 10.7. The Hall–Kier alpha value is -1.73. The lowest BCUT2D eigenvalue weighted by molar-refractivity contribution is 0.384. The Bertz CT molecular complexity index is 425. The molecule has 0 radical (unpaired) electrons. The molecule has 0 aliphatic rings. The highest BCUT2D eigenvalue weighted by molar-refractivity contribution is 5.49. The van der Waals surface area contributed by atoms with Crippen LogP contribution in [0.1, 0.15) is 24.0 Å². The van der Waals surface area contributed by atoms with Crippen LogP contribution >= 0.6 is 0 Å². The first-order valence-electron chi connectivity index (χ1n) is 6.02. The lowest BCUT2D eigenvalue weighted by Gasteiger charge is -2.14. The van der Waals surface area contributed by atoms with E-state index in [4.69, 9.17) is 14.7 Å². The monoisotopic (exact) mass is 248 g/mol. The van der Waals surface area contributed by atoms with Crippen molar-refractivity contribution in [3.05, 3.63) is 23.3 Å². The van der Waals surface area contributed by atoms with Crippen molar-refractivity contribution in [3.8, 4) is 17.6 Å². The standard InChI is InChI=1S/C14H20N2O2/c1-11-13(17-2)7-6-12(14(11)18-3)10-16-9-5-4-8-15/h6-7,16H,4-5,9-10H2,1-3H3. The minimum Gasteiger partial charge on any atom is -0.496 e. The van der Waals surface area contributed by atoms with Crippen LogP contribution in [0, 0.1) is 18.3 Å². The van der Waals surface area contributed by atoms with Gasteiger partial charge in [-0.3, -0.25) is 0 Å². The van der Waals surface area contributed by atoms with Gasteiger partial charge in [0.2, 0.25) is 0 Å². The average molecular weight is 248 g/mol. The lowest BCUT2D eigenvalue weighted by Crippen LogP contribution is -2.15. The molecule has 1 rings (SSSR count). The molecule has 0 aliphatic carbocycles. The third-order valence-corrected chi connectivity index (χ3v) is 2.82. The van der Waals surface area contributed by atoms with Crippen molar-refractivity contribution < 1.29 is 9.47 Å². The number of methoxy groups -OCH3 is 2. The zero-order valence-corrected chi connectivity index (χ0v) is 11.2. The quantitative estimate of drug-likeness (QED) is 0.753. The Balaban J connectivity index is 2.66. The second-order valence-corrected chi connectivity index (χ2v) is 4.02. The van der Waals surface area contributed by atoms with Gasteiger partial charge in [0.15, 0.2) is 0 Å². The minimum atomic E-state index is 0.589.